The van der Waals surface area contributed by atoms with E-state index in [4.69, 9.17) is 4.43 Å². The fourth-order valence-electron chi connectivity index (χ4n) is 3.18. The molecule has 1 aromatic rings. The van der Waals surface area contributed by atoms with E-state index < -0.39 is 9.76 Å². The minimum absolute atomic E-state index is 0.250. The van der Waals surface area contributed by atoms with Crippen molar-refractivity contribution in [3.63, 3.8) is 0 Å². The molecular weight excluding hydrogens is 318 g/mol. The molecule has 1 fully saturated rings. The Balaban J connectivity index is 2.06. The monoisotopic (exact) mass is 351 g/mol. The summed E-state index contributed by atoms with van der Waals surface area (Å²) in [4.78, 5) is 18.5. The highest BCUT2D eigenvalue weighted by Gasteiger charge is 2.32. The zero-order chi connectivity index (χ0) is 18.0. The standard InChI is InChI=1S/C18H33N3O2Si/c1-7-8-14-9-16(22)20(11-14)13-21-12-19-10-15(21)18(5,6)23-24-17(2,3)4/h10,12,14H,7-9,11,13,24H2,1-6H3. The van der Waals surface area contributed by atoms with Gasteiger partial charge in [0.05, 0.1) is 30.5 Å². The molecule has 136 valence electrons. The first-order chi connectivity index (χ1) is 11.1. The average molecular weight is 352 g/mol. The molecule has 6 heteroatoms. The van der Waals surface area contributed by atoms with Gasteiger partial charge in [-0.3, -0.25) is 4.79 Å². The lowest BCUT2D eigenvalue weighted by Gasteiger charge is -2.31. The SMILES string of the molecule is CCCC1CC(=O)N(Cn2cncc2C(C)(C)O[SiH2]C(C)(C)C)C1. The van der Waals surface area contributed by atoms with Gasteiger partial charge in [-0.1, -0.05) is 34.1 Å². The molecule has 0 aliphatic carbocycles. The molecule has 2 rings (SSSR count). The summed E-state index contributed by atoms with van der Waals surface area (Å²) in [5, 5.41) is 0.250. The summed E-state index contributed by atoms with van der Waals surface area (Å²) in [7, 11) is -0.665. The number of likely N-dealkylation sites (tertiary alicyclic amines) is 1. The van der Waals surface area contributed by atoms with Crippen LogP contribution in [0.15, 0.2) is 12.5 Å². The van der Waals surface area contributed by atoms with Crippen LogP contribution in [0, 0.1) is 5.92 Å². The molecule has 1 aliphatic rings. The predicted molar refractivity (Wildman–Crippen MR) is 99.3 cm³/mol. The van der Waals surface area contributed by atoms with Crippen LogP contribution in [-0.2, 0) is 21.5 Å². The number of carbonyl (C=O) groups excluding carboxylic acids is 1. The van der Waals surface area contributed by atoms with E-state index in [1.807, 2.05) is 17.4 Å². The molecule has 0 N–H and O–H groups in total. The first-order valence-corrected chi connectivity index (χ1v) is 10.3. The van der Waals surface area contributed by atoms with Crippen molar-refractivity contribution < 1.29 is 9.22 Å². The van der Waals surface area contributed by atoms with Gasteiger partial charge < -0.3 is 13.9 Å². The number of nitrogens with zero attached hydrogens (tertiary/aromatic N) is 3. The number of imidazole rings is 1. The van der Waals surface area contributed by atoms with Crippen LogP contribution in [0.4, 0.5) is 0 Å². The van der Waals surface area contributed by atoms with E-state index in [1.165, 1.54) is 0 Å². The van der Waals surface area contributed by atoms with Gasteiger partial charge >= 0.3 is 0 Å². The second-order valence-corrected chi connectivity index (χ2v) is 11.4. The van der Waals surface area contributed by atoms with E-state index in [2.05, 4.69) is 51.1 Å². The summed E-state index contributed by atoms with van der Waals surface area (Å²) in [6, 6.07) is 0. The maximum Gasteiger partial charge on any atom is 0.224 e. The molecular formula is C18H33N3O2Si. The third-order valence-corrected chi connectivity index (χ3v) is 6.24. The van der Waals surface area contributed by atoms with Crippen molar-refractivity contribution in [2.45, 2.75) is 78.1 Å². The van der Waals surface area contributed by atoms with Crippen molar-refractivity contribution >= 4 is 15.7 Å². The fraction of sp³-hybridized carbons (Fsp3) is 0.778. The van der Waals surface area contributed by atoms with Gasteiger partial charge in [-0.05, 0) is 31.2 Å². The lowest BCUT2D eigenvalue weighted by atomic mass is 10.0. The van der Waals surface area contributed by atoms with Gasteiger partial charge in [-0.2, -0.15) is 0 Å². The highest BCUT2D eigenvalue weighted by atomic mass is 28.2. The van der Waals surface area contributed by atoms with Crippen molar-refractivity contribution in [1.29, 1.82) is 0 Å². The summed E-state index contributed by atoms with van der Waals surface area (Å²) in [6.07, 6.45) is 6.65. The number of aromatic nitrogens is 2. The van der Waals surface area contributed by atoms with Crippen molar-refractivity contribution in [2.75, 3.05) is 6.54 Å². The summed E-state index contributed by atoms with van der Waals surface area (Å²) >= 11 is 0. The molecule has 1 amide bonds. The number of rotatable bonds is 7. The number of hydrogen-bond donors (Lipinski definition) is 0. The molecule has 0 spiro atoms. The molecule has 0 bridgehead atoms. The molecule has 0 radical (unpaired) electrons. The molecule has 0 aromatic carbocycles. The first-order valence-electron chi connectivity index (χ1n) is 9.05. The van der Waals surface area contributed by atoms with Crippen molar-refractivity contribution in [3.05, 3.63) is 18.2 Å². The smallest absolute Gasteiger partial charge is 0.224 e. The van der Waals surface area contributed by atoms with Gasteiger partial charge in [-0.15, -0.1) is 0 Å². The fourth-order valence-corrected chi connectivity index (χ4v) is 4.12. The molecule has 24 heavy (non-hydrogen) atoms. The van der Waals surface area contributed by atoms with E-state index in [1.54, 1.807) is 0 Å². The van der Waals surface area contributed by atoms with Gasteiger partial charge in [0.2, 0.25) is 5.91 Å². The Morgan fingerprint density at radius 2 is 2.04 bits per heavy atom. The third-order valence-electron chi connectivity index (χ3n) is 4.51. The van der Waals surface area contributed by atoms with E-state index >= 15 is 0 Å². The maximum absolute atomic E-state index is 12.3. The van der Waals surface area contributed by atoms with Crippen LogP contribution >= 0.6 is 0 Å². The molecule has 0 saturated carbocycles. The van der Waals surface area contributed by atoms with E-state index in [-0.39, 0.29) is 16.5 Å². The van der Waals surface area contributed by atoms with Gasteiger partial charge in [0.15, 0.2) is 9.76 Å². The van der Waals surface area contributed by atoms with Gasteiger partial charge in [0.25, 0.3) is 0 Å². The minimum Gasteiger partial charge on any atom is -0.413 e. The highest BCUT2D eigenvalue weighted by Crippen LogP contribution is 2.30. The van der Waals surface area contributed by atoms with Crippen molar-refractivity contribution in [2.24, 2.45) is 5.92 Å². The average Bonchev–Trinajstić information content (AvgIpc) is 3.05. The lowest BCUT2D eigenvalue weighted by Crippen LogP contribution is -2.33. The van der Waals surface area contributed by atoms with Crippen LogP contribution in [-0.4, -0.2) is 36.7 Å². The minimum atomic E-state index is -0.665. The zero-order valence-electron chi connectivity index (χ0n) is 16.1. The summed E-state index contributed by atoms with van der Waals surface area (Å²) in [5.74, 6) is 0.767. The molecule has 1 atom stereocenters. The third kappa shape index (κ3) is 4.93. The Bertz CT molecular complexity index is 563. The maximum atomic E-state index is 12.3. The number of carbonyl (C=O) groups is 1. The van der Waals surface area contributed by atoms with Crippen molar-refractivity contribution in [3.8, 4) is 0 Å². The number of hydrogen-bond acceptors (Lipinski definition) is 3. The van der Waals surface area contributed by atoms with Crippen LogP contribution < -0.4 is 0 Å². The predicted octanol–water partition coefficient (Wildman–Crippen LogP) is 3.04. The van der Waals surface area contributed by atoms with Crippen LogP contribution in [0.1, 0.15) is 66.5 Å². The molecule has 2 heterocycles. The molecule has 1 aliphatic heterocycles. The highest BCUT2D eigenvalue weighted by molar-refractivity contribution is 6.31. The normalized spacial score (nSPS) is 19.8. The van der Waals surface area contributed by atoms with Crippen LogP contribution in [0.5, 0.6) is 0 Å². The first kappa shape index (κ1) is 19.2. The van der Waals surface area contributed by atoms with E-state index in [0.717, 1.165) is 25.1 Å². The quantitative estimate of drug-likeness (QED) is 0.709. The molecule has 5 nitrogen and oxygen atoms in total. The van der Waals surface area contributed by atoms with E-state index in [9.17, 15) is 4.79 Å². The largest absolute Gasteiger partial charge is 0.413 e. The van der Waals surface area contributed by atoms with Crippen LogP contribution in [0.25, 0.3) is 0 Å². The second-order valence-electron chi connectivity index (χ2n) is 8.72. The van der Waals surface area contributed by atoms with Crippen LogP contribution in [0.2, 0.25) is 5.04 Å². The summed E-state index contributed by atoms with van der Waals surface area (Å²) in [6.45, 7) is 14.5. The second kappa shape index (κ2) is 7.40. The Hall–Kier alpha value is -1.14. The summed E-state index contributed by atoms with van der Waals surface area (Å²) in [5.41, 5.74) is 0.674. The Morgan fingerprint density at radius 1 is 1.33 bits per heavy atom. The Morgan fingerprint density at radius 3 is 2.67 bits per heavy atom. The Labute approximate surface area is 148 Å². The molecule has 1 saturated heterocycles. The van der Waals surface area contributed by atoms with Crippen LogP contribution in [0.3, 0.4) is 0 Å². The topological polar surface area (TPSA) is 47.4 Å². The Kier molecular flexibility index (Phi) is 5.91. The molecule has 1 unspecified atom stereocenters. The zero-order valence-corrected chi connectivity index (χ0v) is 17.5. The van der Waals surface area contributed by atoms with Crippen molar-refractivity contribution in [1.82, 2.24) is 14.5 Å². The number of amides is 1. The van der Waals surface area contributed by atoms with Gasteiger partial charge in [-0.25, -0.2) is 4.98 Å². The van der Waals surface area contributed by atoms with E-state index in [0.29, 0.717) is 19.0 Å². The van der Waals surface area contributed by atoms with Gasteiger partial charge in [0, 0.05) is 13.0 Å². The van der Waals surface area contributed by atoms with Gasteiger partial charge in [0.1, 0.15) is 0 Å². The molecule has 1 aromatic heterocycles. The lowest BCUT2D eigenvalue weighted by molar-refractivity contribution is -0.129. The summed E-state index contributed by atoms with van der Waals surface area (Å²) < 4.78 is 8.38.